The second-order valence-electron chi connectivity index (χ2n) is 8.82. The molecular weight excluding hydrogens is 722 g/mol. The van der Waals surface area contributed by atoms with Crippen LogP contribution in [0, 0.1) is 0 Å². The summed E-state index contributed by atoms with van der Waals surface area (Å²) in [6.07, 6.45) is 0. The summed E-state index contributed by atoms with van der Waals surface area (Å²) in [7, 11) is 0. The molecule has 4 aromatic carbocycles. The summed E-state index contributed by atoms with van der Waals surface area (Å²) in [5, 5.41) is 55.2. The smallest absolute Gasteiger partial charge is 0.336 e. The van der Waals surface area contributed by atoms with Gasteiger partial charge in [0.1, 0.15) is 11.4 Å². The number of carbonyl (C=O) groups is 6. The average Bonchev–Trinajstić information content (AvgIpc) is 3.00. The fraction of sp³-hybridized carbons (Fsp3) is 0. The lowest BCUT2D eigenvalue weighted by atomic mass is 10.1. The van der Waals surface area contributed by atoms with Crippen molar-refractivity contribution >= 4 is 93.6 Å². The number of quaternary nitrogens is 2. The van der Waals surface area contributed by atoms with E-state index in [-0.39, 0.29) is 31.2 Å². The van der Waals surface area contributed by atoms with Gasteiger partial charge in [0.05, 0.1) is 54.3 Å². The minimum Gasteiger partial charge on any atom is -0.545 e. The van der Waals surface area contributed by atoms with Crippen LogP contribution < -0.4 is 21.7 Å². The van der Waals surface area contributed by atoms with Gasteiger partial charge in [-0.25, -0.2) is 19.2 Å². The lowest BCUT2D eigenvalue weighted by Gasteiger charge is -2.08. The third kappa shape index (κ3) is 12.9. The second kappa shape index (κ2) is 18.8. The molecule has 0 amide bonds. The van der Waals surface area contributed by atoms with Crippen molar-refractivity contribution in [2.24, 2.45) is 0 Å². The molecule has 0 aliphatic heterocycles. The lowest BCUT2D eigenvalue weighted by Crippen LogP contribution is -2.40. The predicted molar refractivity (Wildman–Crippen MR) is 167 cm³/mol. The van der Waals surface area contributed by atoms with Gasteiger partial charge >= 0.3 is 23.9 Å². The van der Waals surface area contributed by atoms with Crippen molar-refractivity contribution in [1.29, 1.82) is 0 Å². The van der Waals surface area contributed by atoms with Crippen LogP contribution in [0.15, 0.2) is 72.8 Å². The highest BCUT2D eigenvalue weighted by Crippen LogP contribution is 2.26. The van der Waals surface area contributed by atoms with Crippen LogP contribution in [0.4, 0.5) is 11.4 Å². The molecule has 4 aromatic rings. The maximum atomic E-state index is 10.6. The minimum absolute atomic E-state index is 0.0194. The zero-order chi connectivity index (χ0) is 36.9. The van der Waals surface area contributed by atoms with Crippen LogP contribution in [0.5, 0.6) is 0 Å². The summed E-state index contributed by atoms with van der Waals surface area (Å²) in [6, 6.07) is 16.8. The van der Waals surface area contributed by atoms with Gasteiger partial charge in [-0.2, -0.15) is 0 Å². The van der Waals surface area contributed by atoms with Crippen molar-refractivity contribution in [3.63, 3.8) is 0 Å². The molecule has 10 N–H and O–H groups in total. The number of benzene rings is 4. The molecule has 0 radical (unpaired) electrons. The number of hydrogen-bond acceptors (Lipinski definition) is 8. The molecule has 0 saturated heterocycles. The number of carboxylic acid groups (broad SMARTS) is 6. The summed E-state index contributed by atoms with van der Waals surface area (Å²) in [5.41, 5.74) is 7.34. The Hall–Kier alpha value is -5.22. The van der Waals surface area contributed by atoms with Crippen LogP contribution in [-0.2, 0) is 0 Å². The van der Waals surface area contributed by atoms with E-state index in [2.05, 4.69) is 11.5 Å². The number of rotatable bonds is 6. The van der Waals surface area contributed by atoms with Crippen molar-refractivity contribution < 1.29 is 70.9 Å². The lowest BCUT2D eigenvalue weighted by molar-refractivity contribution is -0.256. The van der Waals surface area contributed by atoms with E-state index in [0.717, 1.165) is 35.6 Å². The van der Waals surface area contributed by atoms with E-state index >= 15 is 0 Å². The van der Waals surface area contributed by atoms with Crippen LogP contribution in [0.2, 0.25) is 20.1 Å². The first-order valence-corrected chi connectivity index (χ1v) is 14.0. The molecule has 0 aliphatic carbocycles. The highest BCUT2D eigenvalue weighted by Gasteiger charge is 2.15. The maximum Gasteiger partial charge on any atom is 0.336 e. The molecule has 0 atom stereocenters. The molecule has 4 rings (SSSR count). The van der Waals surface area contributed by atoms with Crippen molar-refractivity contribution in [2.75, 3.05) is 0 Å². The van der Waals surface area contributed by atoms with Crippen molar-refractivity contribution in [3.8, 4) is 0 Å². The number of halogens is 4. The summed E-state index contributed by atoms with van der Waals surface area (Å²) in [4.78, 5) is 62.9. The molecule has 0 fully saturated rings. The quantitative estimate of drug-likeness (QED) is 0.166. The third-order valence-electron chi connectivity index (χ3n) is 5.37. The van der Waals surface area contributed by atoms with Gasteiger partial charge in [-0.15, -0.1) is 0 Å². The van der Waals surface area contributed by atoms with Crippen molar-refractivity contribution in [3.05, 3.63) is 126 Å². The van der Waals surface area contributed by atoms with E-state index in [4.69, 9.17) is 66.8 Å². The van der Waals surface area contributed by atoms with Gasteiger partial charge in [0.2, 0.25) is 0 Å². The van der Waals surface area contributed by atoms with E-state index in [1.165, 1.54) is 24.3 Å². The fourth-order valence-electron chi connectivity index (χ4n) is 3.19. The van der Waals surface area contributed by atoms with E-state index in [1.807, 2.05) is 0 Å². The van der Waals surface area contributed by atoms with Gasteiger partial charge in [0, 0.05) is 23.3 Å². The Morgan fingerprint density at radius 1 is 0.458 bits per heavy atom. The third-order valence-corrected chi connectivity index (χ3v) is 6.81. The van der Waals surface area contributed by atoms with Gasteiger partial charge in [0.25, 0.3) is 0 Å². The molecule has 0 spiro atoms. The first-order chi connectivity index (χ1) is 22.3. The van der Waals surface area contributed by atoms with Crippen LogP contribution in [0.1, 0.15) is 62.1 Å². The molecule has 0 heterocycles. The van der Waals surface area contributed by atoms with E-state index in [9.17, 15) is 39.0 Å². The normalized spacial score (nSPS) is 9.62. The zero-order valence-corrected chi connectivity index (χ0v) is 26.9. The SMILES string of the molecule is O=C([O-])c1cc(Cl)c(Cl)cc1C(=O)O.O=C([O-])c1cc(Cl)c(Cl)cc1C(=O)O.[NH3+]c1cccc(C(=O)O)c1.[NH3+]c1cccc(C(=O)O)c1. The van der Waals surface area contributed by atoms with Gasteiger partial charge in [0.15, 0.2) is 0 Å². The molecule has 252 valence electrons. The topological polar surface area (TPSA) is 285 Å². The summed E-state index contributed by atoms with van der Waals surface area (Å²) < 4.78 is 0. The van der Waals surface area contributed by atoms with Crippen LogP contribution in [0.3, 0.4) is 0 Å². The Labute approximate surface area is 289 Å². The summed E-state index contributed by atoms with van der Waals surface area (Å²) >= 11 is 22.1. The Kier molecular flexibility index (Phi) is 16.0. The van der Waals surface area contributed by atoms with E-state index < -0.39 is 58.1 Å². The van der Waals surface area contributed by atoms with Crippen LogP contribution >= 0.6 is 46.4 Å². The van der Waals surface area contributed by atoms with Gasteiger partial charge in [-0.3, -0.25) is 0 Å². The average molecular weight is 744 g/mol. The largest absolute Gasteiger partial charge is 0.545 e. The van der Waals surface area contributed by atoms with E-state index in [1.54, 1.807) is 24.3 Å². The second-order valence-corrected chi connectivity index (χ2v) is 10.4. The Morgan fingerprint density at radius 2 is 0.729 bits per heavy atom. The number of carboxylic acids is 6. The number of aromatic carboxylic acids is 6. The van der Waals surface area contributed by atoms with Gasteiger partial charge in [-0.05, 0) is 48.5 Å². The monoisotopic (exact) mass is 742 g/mol. The van der Waals surface area contributed by atoms with E-state index in [0.29, 0.717) is 0 Å². The Balaban J connectivity index is 0.000000324. The molecule has 14 nitrogen and oxygen atoms in total. The van der Waals surface area contributed by atoms with Crippen molar-refractivity contribution in [2.45, 2.75) is 0 Å². The molecular formula is C30H22Cl4N2O12. The van der Waals surface area contributed by atoms with Crippen LogP contribution in [0.25, 0.3) is 0 Å². The minimum atomic E-state index is -1.61. The van der Waals surface area contributed by atoms with Gasteiger partial charge in [-0.1, -0.05) is 58.5 Å². The number of carbonyl (C=O) groups excluding carboxylic acids is 2. The first-order valence-electron chi connectivity index (χ1n) is 12.4. The molecule has 0 bridgehead atoms. The molecule has 48 heavy (non-hydrogen) atoms. The maximum absolute atomic E-state index is 10.6. The van der Waals surface area contributed by atoms with Crippen molar-refractivity contribution in [1.82, 2.24) is 0 Å². The standard InChI is InChI=1S/2C8H4Cl2O4.2C7H7NO2/c2*9-5-1-3(7(11)12)4(8(13)14)2-6(5)10;2*8-6-3-1-2-5(4-6)7(9)10/h2*1-2H,(H,11,12)(H,13,14);2*1-4H,8H2,(H,9,10). The highest BCUT2D eigenvalue weighted by molar-refractivity contribution is 6.43. The van der Waals surface area contributed by atoms with Crippen LogP contribution in [-0.4, -0.2) is 56.2 Å². The molecule has 0 aliphatic rings. The Morgan fingerprint density at radius 3 is 0.917 bits per heavy atom. The highest BCUT2D eigenvalue weighted by atomic mass is 35.5. The summed E-state index contributed by atoms with van der Waals surface area (Å²) in [6.45, 7) is 0. The fourth-order valence-corrected chi connectivity index (χ4v) is 3.85. The Bertz CT molecular complexity index is 1670. The molecule has 0 unspecified atom stereocenters. The predicted octanol–water partition coefficient (Wildman–Crippen LogP) is 2.63. The molecule has 18 heteroatoms. The summed E-state index contributed by atoms with van der Waals surface area (Å²) in [5.74, 6) is -7.84. The molecule has 0 saturated carbocycles. The molecule has 0 aromatic heterocycles. The zero-order valence-electron chi connectivity index (χ0n) is 23.9. The first kappa shape index (κ1) is 40.8. The number of hydrogen-bond donors (Lipinski definition) is 6. The van der Waals surface area contributed by atoms with Gasteiger partial charge < -0.3 is 51.7 Å².